The zero-order valence-corrected chi connectivity index (χ0v) is 10.7. The third-order valence-electron chi connectivity index (χ3n) is 2.27. The molecule has 1 N–H and O–H groups in total. The third-order valence-corrected chi connectivity index (χ3v) is 2.27. The summed E-state index contributed by atoms with van der Waals surface area (Å²) in [7, 11) is 1.56. The monoisotopic (exact) mass is 241 g/mol. The highest BCUT2D eigenvalue weighted by Gasteiger charge is 2.23. The van der Waals surface area contributed by atoms with Crippen LogP contribution in [0, 0.1) is 17.2 Å². The molecule has 0 aromatic rings. The Morgan fingerprint density at radius 3 is 2.24 bits per heavy atom. The van der Waals surface area contributed by atoms with E-state index in [-0.39, 0.29) is 31.1 Å². The highest BCUT2D eigenvalue weighted by molar-refractivity contribution is 5.80. The molecule has 0 heterocycles. The van der Waals surface area contributed by atoms with Crippen molar-refractivity contribution in [1.29, 1.82) is 5.26 Å². The number of carbonyl (C=O) groups is 2. The standard InChI is InChI=1S/C11H19N3O3/c1-8(2)14(7-10(15)16)11(17)13(4)6-9(3)5-12/h8-9H,6-7H2,1-4H3,(H,15,16). The zero-order valence-electron chi connectivity index (χ0n) is 10.7. The van der Waals surface area contributed by atoms with Crippen LogP contribution in [0.25, 0.3) is 0 Å². The lowest BCUT2D eigenvalue weighted by Gasteiger charge is -2.30. The number of hydrogen-bond donors (Lipinski definition) is 1. The number of nitrogens with zero attached hydrogens (tertiary/aromatic N) is 3. The van der Waals surface area contributed by atoms with Crippen LogP contribution in [0.1, 0.15) is 20.8 Å². The quantitative estimate of drug-likeness (QED) is 0.778. The van der Waals surface area contributed by atoms with Gasteiger partial charge in [-0.2, -0.15) is 5.26 Å². The molecule has 0 radical (unpaired) electrons. The van der Waals surface area contributed by atoms with Crippen LogP contribution >= 0.6 is 0 Å². The number of rotatable bonds is 5. The summed E-state index contributed by atoms with van der Waals surface area (Å²) in [6, 6.07) is 1.46. The first-order valence-corrected chi connectivity index (χ1v) is 5.42. The molecule has 0 spiro atoms. The van der Waals surface area contributed by atoms with Crippen molar-refractivity contribution in [3.8, 4) is 6.07 Å². The predicted octanol–water partition coefficient (Wildman–Crippen LogP) is 0.993. The van der Waals surface area contributed by atoms with Crippen LogP contribution in [0.3, 0.4) is 0 Å². The predicted molar refractivity (Wildman–Crippen MR) is 62.3 cm³/mol. The van der Waals surface area contributed by atoms with E-state index >= 15 is 0 Å². The average molecular weight is 241 g/mol. The molecule has 6 heteroatoms. The van der Waals surface area contributed by atoms with Gasteiger partial charge in [-0.1, -0.05) is 0 Å². The minimum atomic E-state index is -1.05. The Morgan fingerprint density at radius 2 is 1.88 bits per heavy atom. The van der Waals surface area contributed by atoms with Crippen molar-refractivity contribution in [2.75, 3.05) is 20.1 Å². The summed E-state index contributed by atoms with van der Waals surface area (Å²) in [5.74, 6) is -1.32. The molecule has 17 heavy (non-hydrogen) atoms. The van der Waals surface area contributed by atoms with E-state index in [0.717, 1.165) is 0 Å². The number of carboxylic acid groups (broad SMARTS) is 1. The molecule has 6 nitrogen and oxygen atoms in total. The van der Waals surface area contributed by atoms with Gasteiger partial charge in [-0.15, -0.1) is 0 Å². The fraction of sp³-hybridized carbons (Fsp3) is 0.727. The van der Waals surface area contributed by atoms with Gasteiger partial charge in [0.05, 0.1) is 12.0 Å². The third kappa shape index (κ3) is 5.20. The Kier molecular flexibility index (Phi) is 6.03. The van der Waals surface area contributed by atoms with Gasteiger partial charge < -0.3 is 14.9 Å². The normalized spacial score (nSPS) is 11.8. The van der Waals surface area contributed by atoms with E-state index in [1.807, 2.05) is 6.07 Å². The maximum Gasteiger partial charge on any atom is 0.323 e. The van der Waals surface area contributed by atoms with Crippen LogP contribution < -0.4 is 0 Å². The minimum Gasteiger partial charge on any atom is -0.480 e. The van der Waals surface area contributed by atoms with Gasteiger partial charge in [-0.25, -0.2) is 4.79 Å². The lowest BCUT2D eigenvalue weighted by atomic mass is 10.2. The molecule has 0 aromatic heterocycles. The second kappa shape index (κ2) is 6.74. The molecule has 0 aromatic carbocycles. The van der Waals surface area contributed by atoms with Gasteiger partial charge >= 0.3 is 12.0 Å². The van der Waals surface area contributed by atoms with E-state index in [1.54, 1.807) is 27.8 Å². The molecule has 0 aliphatic rings. The number of hydrogen-bond acceptors (Lipinski definition) is 3. The van der Waals surface area contributed by atoms with Crippen LogP contribution in [0.5, 0.6) is 0 Å². The molecule has 1 unspecified atom stereocenters. The van der Waals surface area contributed by atoms with Crippen LogP contribution in [0.15, 0.2) is 0 Å². The largest absolute Gasteiger partial charge is 0.480 e. The summed E-state index contributed by atoms with van der Waals surface area (Å²) in [6.07, 6.45) is 0. The molecule has 1 atom stereocenters. The minimum absolute atomic E-state index is 0.196. The Hall–Kier alpha value is -1.77. The number of urea groups is 1. The molecule has 2 amide bonds. The SMILES string of the molecule is CC(C#N)CN(C)C(=O)N(CC(=O)O)C(C)C. The summed E-state index contributed by atoms with van der Waals surface area (Å²) in [5, 5.41) is 17.4. The van der Waals surface area contributed by atoms with E-state index < -0.39 is 5.97 Å². The molecular weight excluding hydrogens is 222 g/mol. The van der Waals surface area contributed by atoms with E-state index in [4.69, 9.17) is 10.4 Å². The number of carboxylic acids is 1. The van der Waals surface area contributed by atoms with Crippen molar-refractivity contribution in [3.05, 3.63) is 0 Å². The second-order valence-corrected chi connectivity index (χ2v) is 4.31. The molecule has 0 aliphatic heterocycles. The number of nitriles is 1. The number of amides is 2. The van der Waals surface area contributed by atoms with Crippen LogP contribution in [-0.2, 0) is 4.79 Å². The molecule has 0 saturated heterocycles. The molecule has 96 valence electrons. The van der Waals surface area contributed by atoms with Crippen molar-refractivity contribution in [1.82, 2.24) is 9.80 Å². The Labute approximate surface area is 101 Å². The van der Waals surface area contributed by atoms with Crippen LogP contribution in [0.4, 0.5) is 4.79 Å². The Balaban J connectivity index is 4.61. The first-order chi connectivity index (χ1) is 7.79. The van der Waals surface area contributed by atoms with Gasteiger partial charge in [0.2, 0.25) is 0 Å². The molecule has 0 fully saturated rings. The number of carbonyl (C=O) groups excluding carboxylic acids is 1. The fourth-order valence-corrected chi connectivity index (χ4v) is 1.37. The fourth-order valence-electron chi connectivity index (χ4n) is 1.37. The van der Waals surface area contributed by atoms with Gasteiger partial charge in [0.25, 0.3) is 0 Å². The number of aliphatic carboxylic acids is 1. The van der Waals surface area contributed by atoms with E-state index in [2.05, 4.69) is 0 Å². The van der Waals surface area contributed by atoms with E-state index in [9.17, 15) is 9.59 Å². The van der Waals surface area contributed by atoms with Crippen molar-refractivity contribution in [2.45, 2.75) is 26.8 Å². The molecule has 0 aliphatic carbocycles. The molecule has 0 bridgehead atoms. The summed E-state index contributed by atoms with van der Waals surface area (Å²) in [5.41, 5.74) is 0. The van der Waals surface area contributed by atoms with Crippen molar-refractivity contribution in [2.24, 2.45) is 5.92 Å². The van der Waals surface area contributed by atoms with Gasteiger partial charge in [-0.05, 0) is 20.8 Å². The van der Waals surface area contributed by atoms with E-state index in [1.165, 1.54) is 9.80 Å². The first kappa shape index (κ1) is 15.2. The van der Waals surface area contributed by atoms with Gasteiger partial charge in [0.1, 0.15) is 6.54 Å². The summed E-state index contributed by atoms with van der Waals surface area (Å²) in [4.78, 5) is 25.2. The van der Waals surface area contributed by atoms with Crippen molar-refractivity contribution >= 4 is 12.0 Å². The van der Waals surface area contributed by atoms with Gasteiger partial charge in [0.15, 0.2) is 0 Å². The average Bonchev–Trinajstić information content (AvgIpc) is 2.23. The topological polar surface area (TPSA) is 84.6 Å². The maximum absolute atomic E-state index is 12.0. The lowest BCUT2D eigenvalue weighted by molar-refractivity contribution is -0.138. The van der Waals surface area contributed by atoms with Gasteiger partial charge in [0, 0.05) is 19.6 Å². The van der Waals surface area contributed by atoms with Gasteiger partial charge in [-0.3, -0.25) is 4.79 Å². The molecule has 0 saturated carbocycles. The second-order valence-electron chi connectivity index (χ2n) is 4.31. The molecular formula is C11H19N3O3. The highest BCUT2D eigenvalue weighted by Crippen LogP contribution is 2.05. The maximum atomic E-state index is 12.0. The smallest absolute Gasteiger partial charge is 0.323 e. The van der Waals surface area contributed by atoms with Crippen molar-refractivity contribution < 1.29 is 14.7 Å². The Bertz CT molecular complexity index is 322. The lowest BCUT2D eigenvalue weighted by Crippen LogP contribution is -2.48. The molecule has 0 rings (SSSR count). The summed E-state index contributed by atoms with van der Waals surface area (Å²) >= 11 is 0. The highest BCUT2D eigenvalue weighted by atomic mass is 16.4. The summed E-state index contributed by atoms with van der Waals surface area (Å²) in [6.45, 7) is 5.17. The first-order valence-electron chi connectivity index (χ1n) is 5.42. The van der Waals surface area contributed by atoms with Crippen LogP contribution in [0.2, 0.25) is 0 Å². The Morgan fingerprint density at radius 1 is 1.35 bits per heavy atom. The summed E-state index contributed by atoms with van der Waals surface area (Å²) < 4.78 is 0. The van der Waals surface area contributed by atoms with Crippen molar-refractivity contribution in [3.63, 3.8) is 0 Å². The van der Waals surface area contributed by atoms with E-state index in [0.29, 0.717) is 0 Å². The zero-order chi connectivity index (χ0) is 13.6. The van der Waals surface area contributed by atoms with Crippen LogP contribution in [-0.4, -0.2) is 53.1 Å².